The molecule has 5 N–H and O–H groups in total. The number of rotatable bonds is 10. The molecule has 4 aromatic heterocycles. The number of carboxylic acid groups (broad SMARTS) is 1. The van der Waals surface area contributed by atoms with E-state index in [1.165, 1.54) is 11.8 Å². The van der Waals surface area contributed by atoms with E-state index in [2.05, 4.69) is 25.3 Å². The topological polar surface area (TPSA) is 258 Å². The summed E-state index contributed by atoms with van der Waals surface area (Å²) in [5, 5.41) is 40.3. The molecule has 60 heavy (non-hydrogen) atoms. The van der Waals surface area contributed by atoms with E-state index < -0.39 is 28.5 Å². The molecule has 2 saturated carbocycles. The summed E-state index contributed by atoms with van der Waals surface area (Å²) in [4.78, 5) is 54.6. The molecule has 0 amide bonds. The fraction of sp³-hybridized carbons (Fsp3) is 0.595. The summed E-state index contributed by atoms with van der Waals surface area (Å²) in [5.41, 5.74) is 4.51. The van der Waals surface area contributed by atoms with Gasteiger partial charge in [0.2, 0.25) is 0 Å². The number of H-pyrrole nitrogens is 1. The molecule has 2 fully saturated rings. The van der Waals surface area contributed by atoms with Gasteiger partial charge in [-0.3, -0.25) is 14.7 Å². The minimum Gasteiger partial charge on any atom is -0.870 e. The van der Waals surface area contributed by atoms with E-state index in [-0.39, 0.29) is 55.4 Å². The van der Waals surface area contributed by atoms with Crippen LogP contribution in [-0.2, 0) is 31.9 Å². The number of aliphatic hydroxyl groups excluding tert-OH is 2. The second kappa shape index (κ2) is 20.8. The van der Waals surface area contributed by atoms with Gasteiger partial charge in [-0.1, -0.05) is 0 Å². The molecular weight excluding hydrogens is 767 g/mol. The molecule has 18 heteroatoms. The Bertz CT molecular complexity index is 2080. The third kappa shape index (κ3) is 12.3. The van der Waals surface area contributed by atoms with E-state index in [0.717, 1.165) is 52.8 Å². The maximum Gasteiger partial charge on any atom is 1.00 e. The summed E-state index contributed by atoms with van der Waals surface area (Å²) < 4.78 is 11.6. The summed E-state index contributed by atoms with van der Waals surface area (Å²) in [6, 6.07) is 7.77. The summed E-state index contributed by atoms with van der Waals surface area (Å²) >= 11 is 0. The molecule has 4 heterocycles. The minimum absolute atomic E-state index is 0. The minimum atomic E-state index is -0.992. The molecule has 0 saturated heterocycles. The number of hydrogen-bond donors (Lipinski definition) is 4. The Kier molecular flexibility index (Phi) is 17.3. The Morgan fingerprint density at radius 3 is 1.68 bits per heavy atom. The maximum atomic E-state index is 12.4. The molecule has 2 aliphatic rings. The molecule has 6 rings (SSSR count). The summed E-state index contributed by atoms with van der Waals surface area (Å²) in [7, 11) is 1.36. The molecule has 2 aliphatic carbocycles. The first kappa shape index (κ1) is 49.8. The molecule has 0 unspecified atom stereocenters. The number of nitrogens with one attached hydrogen (secondary N) is 1. The summed E-state index contributed by atoms with van der Waals surface area (Å²) in [5.74, 6) is 0.502. The Labute approximate surface area is 363 Å². The number of hydrogen-bond acceptors (Lipinski definition) is 14. The SMILES string of the molecule is COC(=O)C1(CO)CCC(c2cc(C)nc(Cc3cc(C)n(C(=O)OC(C)(C)C)n3)n2)CC1.Cc1cc(C2CCC(CO)(C(=O)O)CC2)nc(Cc2cc(C)[nH]n2)n1.[Li+].[OH-]. The third-order valence-corrected chi connectivity index (χ3v) is 11.2. The van der Waals surface area contributed by atoms with Crippen molar-refractivity contribution in [1.82, 2.24) is 39.9 Å². The average Bonchev–Trinajstić information content (AvgIpc) is 3.76. The Hall–Kier alpha value is -4.53. The Morgan fingerprint density at radius 2 is 1.27 bits per heavy atom. The van der Waals surface area contributed by atoms with Crippen LogP contribution in [0.4, 0.5) is 4.79 Å². The Balaban J connectivity index is 0.000000320. The second-order valence-electron chi connectivity index (χ2n) is 17.0. The van der Waals surface area contributed by atoms with E-state index in [0.29, 0.717) is 68.6 Å². The van der Waals surface area contributed by atoms with E-state index >= 15 is 0 Å². The van der Waals surface area contributed by atoms with Crippen LogP contribution in [0, 0.1) is 38.5 Å². The summed E-state index contributed by atoms with van der Waals surface area (Å²) in [6.07, 6.45) is 5.39. The van der Waals surface area contributed by atoms with Gasteiger partial charge in [-0.05, 0) is 124 Å². The molecule has 0 aromatic carbocycles. The van der Waals surface area contributed by atoms with Gasteiger partial charge in [0.05, 0.1) is 55.4 Å². The smallest absolute Gasteiger partial charge is 0.870 e. The number of aliphatic hydroxyl groups is 2. The zero-order valence-electron chi connectivity index (χ0n) is 36.4. The number of carbonyl (C=O) groups is 3. The molecule has 0 aliphatic heterocycles. The van der Waals surface area contributed by atoms with Crippen molar-refractivity contribution in [3.8, 4) is 0 Å². The fourth-order valence-electron chi connectivity index (χ4n) is 7.91. The van der Waals surface area contributed by atoms with Crippen molar-refractivity contribution in [2.24, 2.45) is 10.8 Å². The van der Waals surface area contributed by atoms with Crippen molar-refractivity contribution < 1.29 is 63.5 Å². The predicted molar refractivity (Wildman–Crippen MR) is 214 cm³/mol. The van der Waals surface area contributed by atoms with Crippen molar-refractivity contribution in [3.05, 3.63) is 81.5 Å². The van der Waals surface area contributed by atoms with Gasteiger partial charge in [0.25, 0.3) is 0 Å². The molecule has 0 radical (unpaired) electrons. The number of methoxy groups -OCH3 is 1. The predicted octanol–water partition coefficient (Wildman–Crippen LogP) is 2.43. The first-order chi connectivity index (χ1) is 27.4. The number of carboxylic acids is 1. The van der Waals surface area contributed by atoms with Crippen LogP contribution >= 0.6 is 0 Å². The first-order valence-corrected chi connectivity index (χ1v) is 19.9. The average molecular weight is 827 g/mol. The number of aryl methyl sites for hydroxylation is 4. The van der Waals surface area contributed by atoms with E-state index in [9.17, 15) is 29.7 Å². The van der Waals surface area contributed by atoms with Gasteiger partial charge >= 0.3 is 36.9 Å². The molecule has 17 nitrogen and oxygen atoms in total. The molecule has 322 valence electrons. The van der Waals surface area contributed by atoms with E-state index in [4.69, 9.17) is 19.4 Å². The van der Waals surface area contributed by atoms with Crippen molar-refractivity contribution in [1.29, 1.82) is 0 Å². The number of nitrogens with zero attached hydrogens (tertiary/aromatic N) is 7. The second-order valence-corrected chi connectivity index (χ2v) is 17.0. The van der Waals surface area contributed by atoms with Gasteiger partial charge in [0, 0.05) is 46.0 Å². The van der Waals surface area contributed by atoms with Crippen LogP contribution in [0.1, 0.15) is 141 Å². The summed E-state index contributed by atoms with van der Waals surface area (Å²) in [6.45, 7) is 12.6. The van der Waals surface area contributed by atoms with Crippen molar-refractivity contribution in [3.63, 3.8) is 0 Å². The van der Waals surface area contributed by atoms with Crippen LogP contribution in [-0.4, -0.2) is 105 Å². The molecular formula is C42H59LiN8O9. The molecule has 4 aromatic rings. The van der Waals surface area contributed by atoms with Crippen LogP contribution in [0.3, 0.4) is 0 Å². The van der Waals surface area contributed by atoms with Crippen LogP contribution in [0.15, 0.2) is 24.3 Å². The monoisotopic (exact) mass is 826 g/mol. The normalized spacial score (nSPS) is 21.4. The van der Waals surface area contributed by atoms with Gasteiger partial charge in [0.1, 0.15) is 17.2 Å². The van der Waals surface area contributed by atoms with Crippen molar-refractivity contribution in [2.75, 3.05) is 20.3 Å². The van der Waals surface area contributed by atoms with Crippen molar-refractivity contribution in [2.45, 2.75) is 130 Å². The maximum absolute atomic E-state index is 12.4. The van der Waals surface area contributed by atoms with Gasteiger partial charge in [0.15, 0.2) is 0 Å². The van der Waals surface area contributed by atoms with Gasteiger partial charge in [-0.25, -0.2) is 24.7 Å². The zero-order chi connectivity index (χ0) is 42.4. The van der Waals surface area contributed by atoms with Crippen LogP contribution in [0.5, 0.6) is 0 Å². The quantitative estimate of drug-likeness (QED) is 0.132. The third-order valence-electron chi connectivity index (χ3n) is 11.2. The standard InChI is InChI=1S/C24H34N4O5.C18H24N4O3.Li.H2O/c1-15-11-19(17-7-9-24(14-29,10-8-17)21(30)32-6)26-20(25-15)13-18-12-16(2)28(27-18)22(31)33-23(3,4)5;1-11-8-15(13-3-5-18(10-23,6-4-13)17(24)25)20-16(19-11)9-14-7-12(2)21-22-14;;/h11-12,17,29H,7-10,13-14H2,1-6H3;7-8,13,23H,3-6,9-10H2,1-2H3,(H,21,22)(H,24,25);;1H2/q;;+1;/p-1. The molecule has 0 spiro atoms. The number of aromatic amines is 1. The number of aliphatic carboxylic acids is 1. The van der Waals surface area contributed by atoms with Crippen LogP contribution in [0.25, 0.3) is 0 Å². The number of carbonyl (C=O) groups excluding carboxylic acids is 2. The fourth-order valence-corrected chi connectivity index (χ4v) is 7.91. The molecule has 0 bridgehead atoms. The number of esters is 1. The van der Waals surface area contributed by atoms with Gasteiger partial charge in [-0.2, -0.15) is 14.9 Å². The van der Waals surface area contributed by atoms with E-state index in [1.807, 2.05) is 65.8 Å². The Morgan fingerprint density at radius 1 is 0.783 bits per heavy atom. The van der Waals surface area contributed by atoms with Gasteiger partial charge in [-0.15, -0.1) is 0 Å². The van der Waals surface area contributed by atoms with Crippen LogP contribution < -0.4 is 18.9 Å². The number of ether oxygens (including phenoxy) is 2. The zero-order valence-corrected chi connectivity index (χ0v) is 36.4. The largest absolute Gasteiger partial charge is 1.00 e. The number of aromatic nitrogens is 8. The molecule has 0 atom stereocenters. The van der Waals surface area contributed by atoms with E-state index in [1.54, 1.807) is 6.92 Å². The van der Waals surface area contributed by atoms with Crippen molar-refractivity contribution >= 4 is 18.0 Å². The first-order valence-electron chi connectivity index (χ1n) is 19.9. The van der Waals surface area contributed by atoms with Gasteiger partial charge < -0.3 is 30.3 Å². The van der Waals surface area contributed by atoms with Crippen LogP contribution in [0.2, 0.25) is 0 Å².